The number of hydrogen-bond acceptors (Lipinski definition) is 5. The van der Waals surface area contributed by atoms with Crippen molar-refractivity contribution >= 4 is 13.7 Å². The lowest BCUT2D eigenvalue weighted by atomic mass is 10.0. The highest BCUT2D eigenvalue weighted by molar-refractivity contribution is 7.47. The van der Waals surface area contributed by atoms with Gasteiger partial charge in [0, 0.05) is 6.42 Å². The van der Waals surface area contributed by atoms with Crippen LogP contribution in [0.1, 0.15) is 290 Å². The summed E-state index contributed by atoms with van der Waals surface area (Å²) in [7, 11) is 1.58. The number of rotatable bonds is 55. The van der Waals surface area contributed by atoms with Crippen LogP contribution in [0.2, 0.25) is 0 Å². The summed E-state index contributed by atoms with van der Waals surface area (Å²) in [5, 5.41) is 13.8. The van der Waals surface area contributed by atoms with Gasteiger partial charge >= 0.3 is 7.82 Å². The molecule has 3 N–H and O–H groups in total. The molecule has 0 aliphatic carbocycles. The Hall–Kier alpha value is -1.28. The first-order valence-electron chi connectivity index (χ1n) is 29.9. The average molecular weight is 995 g/mol. The molecule has 3 atom stereocenters. The predicted octanol–water partition coefficient (Wildman–Crippen LogP) is 18.2. The maximum atomic E-state index is 12.9. The third-order valence-corrected chi connectivity index (χ3v) is 14.6. The lowest BCUT2D eigenvalue weighted by Crippen LogP contribution is -2.45. The predicted molar refractivity (Wildman–Crippen MR) is 300 cm³/mol. The van der Waals surface area contributed by atoms with E-state index < -0.39 is 20.0 Å². The van der Waals surface area contributed by atoms with E-state index in [1.165, 1.54) is 225 Å². The van der Waals surface area contributed by atoms with Gasteiger partial charge in [-0.05, 0) is 51.4 Å². The molecule has 0 aromatic carbocycles. The second-order valence-electron chi connectivity index (χ2n) is 21.7. The zero-order valence-electron chi connectivity index (χ0n) is 46.6. The lowest BCUT2D eigenvalue weighted by molar-refractivity contribution is -0.870. The van der Waals surface area contributed by atoms with Crippen LogP contribution in [0.3, 0.4) is 0 Å². The second kappa shape index (κ2) is 51.6. The van der Waals surface area contributed by atoms with E-state index >= 15 is 0 Å². The van der Waals surface area contributed by atoms with E-state index in [0.29, 0.717) is 17.4 Å². The molecule has 0 fully saturated rings. The Morgan fingerprint density at radius 1 is 0.493 bits per heavy atom. The molecule has 0 spiro atoms. The fraction of sp³-hybridized carbons (Fsp3) is 0.883. The molecule has 0 saturated carbocycles. The number of likely N-dealkylation sites (N-methyl/N-ethyl adjacent to an activating group) is 1. The van der Waals surface area contributed by atoms with Crippen LogP contribution >= 0.6 is 7.82 Å². The summed E-state index contributed by atoms with van der Waals surface area (Å²) in [5.41, 5.74) is 0. The Labute approximate surface area is 429 Å². The summed E-state index contributed by atoms with van der Waals surface area (Å²) >= 11 is 0. The summed E-state index contributed by atoms with van der Waals surface area (Å²) in [6.45, 7) is 4.78. The van der Waals surface area contributed by atoms with Crippen LogP contribution < -0.4 is 5.32 Å². The Bertz CT molecular complexity index is 1220. The fourth-order valence-corrected chi connectivity index (χ4v) is 9.63. The highest BCUT2D eigenvalue weighted by atomic mass is 31.2. The molecule has 0 heterocycles. The molecule has 0 aliphatic heterocycles. The van der Waals surface area contributed by atoms with Crippen molar-refractivity contribution in [2.45, 2.75) is 302 Å². The van der Waals surface area contributed by atoms with Gasteiger partial charge in [0.2, 0.25) is 5.91 Å². The van der Waals surface area contributed by atoms with Gasteiger partial charge in [-0.3, -0.25) is 13.8 Å². The van der Waals surface area contributed by atoms with Crippen molar-refractivity contribution in [2.24, 2.45) is 0 Å². The number of phosphoric ester groups is 1. The topological polar surface area (TPSA) is 105 Å². The van der Waals surface area contributed by atoms with Crippen LogP contribution in [-0.2, 0) is 18.4 Å². The molecule has 0 saturated heterocycles. The van der Waals surface area contributed by atoms with Crippen LogP contribution in [0, 0.1) is 0 Å². The largest absolute Gasteiger partial charge is 0.472 e. The molecule has 0 aromatic heterocycles. The van der Waals surface area contributed by atoms with Gasteiger partial charge in [0.1, 0.15) is 13.2 Å². The van der Waals surface area contributed by atoms with E-state index in [4.69, 9.17) is 9.05 Å². The Balaban J connectivity index is 3.75. The van der Waals surface area contributed by atoms with Gasteiger partial charge < -0.3 is 19.8 Å². The number of carbonyl (C=O) groups is 1. The standard InChI is InChI=1S/C60H117N2O6P/c1-6-8-10-12-14-16-17-18-19-20-21-22-23-24-25-26-27-28-29-30-31-32-33-34-35-36-37-38-39-40-41-42-43-44-45-46-48-50-52-54-60(64)61-58(57-68-69(65,66)67-56-55-62(3,4)5)59(63)53-51-49-47-15-13-11-9-7-2/h17-18,20-21,51,53,58-59,63H,6-16,19,22-50,52,54-57H2,1-5H3,(H-,61,64,65,66)/p+1/b18-17-,21-20-,53-51+. The van der Waals surface area contributed by atoms with Crippen molar-refractivity contribution in [3.05, 3.63) is 36.5 Å². The first kappa shape index (κ1) is 67.7. The molecule has 0 radical (unpaired) electrons. The highest BCUT2D eigenvalue weighted by Gasteiger charge is 2.27. The number of aliphatic hydroxyl groups excluding tert-OH is 1. The zero-order chi connectivity index (χ0) is 50.6. The van der Waals surface area contributed by atoms with Gasteiger partial charge in [-0.25, -0.2) is 4.57 Å². The Morgan fingerprint density at radius 3 is 1.19 bits per heavy atom. The average Bonchev–Trinajstić information content (AvgIpc) is 3.31. The fourth-order valence-electron chi connectivity index (χ4n) is 8.90. The molecule has 69 heavy (non-hydrogen) atoms. The minimum absolute atomic E-state index is 0.0630. The number of nitrogens with zero attached hydrogens (tertiary/aromatic N) is 1. The quantitative estimate of drug-likeness (QED) is 0.0243. The van der Waals surface area contributed by atoms with Crippen LogP contribution in [-0.4, -0.2) is 73.4 Å². The number of phosphoric acid groups is 1. The number of quaternary nitrogens is 1. The van der Waals surface area contributed by atoms with Crippen molar-refractivity contribution in [3.63, 3.8) is 0 Å². The Kier molecular flexibility index (Phi) is 50.7. The molecule has 1 amide bonds. The van der Waals surface area contributed by atoms with E-state index in [0.717, 1.165) is 44.9 Å². The normalized spacial score (nSPS) is 14.1. The minimum atomic E-state index is -4.33. The molecule has 408 valence electrons. The summed E-state index contributed by atoms with van der Waals surface area (Å²) in [6, 6.07) is -0.841. The second-order valence-corrected chi connectivity index (χ2v) is 23.2. The number of allylic oxidation sites excluding steroid dienone is 5. The molecule has 0 rings (SSSR count). The first-order valence-corrected chi connectivity index (χ1v) is 31.4. The number of nitrogens with one attached hydrogen (secondary N) is 1. The van der Waals surface area contributed by atoms with Crippen molar-refractivity contribution in [2.75, 3.05) is 40.9 Å². The minimum Gasteiger partial charge on any atom is -0.387 e. The first-order chi connectivity index (χ1) is 33.5. The van der Waals surface area contributed by atoms with Crippen LogP contribution in [0.5, 0.6) is 0 Å². The van der Waals surface area contributed by atoms with E-state index in [9.17, 15) is 19.4 Å². The molecule has 0 aliphatic rings. The SMILES string of the molecule is CCCCCCC/C=C\C/C=C\CCCCCCCCCCCCCCCCCCCCCCCCCCCCCC(=O)NC(COP(=O)(O)OCC[N+](C)(C)C)C(O)/C=C/CCCCCCCC. The van der Waals surface area contributed by atoms with Crippen molar-refractivity contribution < 1.29 is 32.9 Å². The van der Waals surface area contributed by atoms with Gasteiger partial charge in [-0.15, -0.1) is 0 Å². The number of aliphatic hydroxyl groups is 1. The van der Waals surface area contributed by atoms with Gasteiger partial charge in [-0.2, -0.15) is 0 Å². The summed E-state index contributed by atoms with van der Waals surface area (Å²) in [5.74, 6) is -0.176. The van der Waals surface area contributed by atoms with Crippen LogP contribution in [0.15, 0.2) is 36.5 Å². The molecular weight excluding hydrogens is 876 g/mol. The van der Waals surface area contributed by atoms with E-state index in [-0.39, 0.29) is 19.1 Å². The van der Waals surface area contributed by atoms with Gasteiger partial charge in [0.05, 0.1) is 39.9 Å². The van der Waals surface area contributed by atoms with Gasteiger partial charge in [0.25, 0.3) is 0 Å². The lowest BCUT2D eigenvalue weighted by Gasteiger charge is -2.25. The number of amides is 1. The zero-order valence-corrected chi connectivity index (χ0v) is 47.5. The summed E-state index contributed by atoms with van der Waals surface area (Å²) < 4.78 is 23.5. The maximum absolute atomic E-state index is 12.9. The van der Waals surface area contributed by atoms with Crippen LogP contribution in [0.4, 0.5) is 0 Å². The van der Waals surface area contributed by atoms with E-state index in [1.54, 1.807) is 6.08 Å². The third-order valence-electron chi connectivity index (χ3n) is 13.6. The van der Waals surface area contributed by atoms with Crippen molar-refractivity contribution in [1.82, 2.24) is 5.32 Å². The molecule has 9 heteroatoms. The monoisotopic (exact) mass is 994 g/mol. The summed E-state index contributed by atoms with van der Waals surface area (Å²) in [6.07, 6.45) is 67.3. The van der Waals surface area contributed by atoms with Gasteiger partial charge in [-0.1, -0.05) is 269 Å². The smallest absolute Gasteiger partial charge is 0.387 e. The molecule has 0 bridgehead atoms. The van der Waals surface area contributed by atoms with E-state index in [1.807, 2.05) is 27.2 Å². The van der Waals surface area contributed by atoms with Crippen LogP contribution in [0.25, 0.3) is 0 Å². The van der Waals surface area contributed by atoms with E-state index in [2.05, 4.69) is 43.5 Å². The van der Waals surface area contributed by atoms with Crippen molar-refractivity contribution in [1.29, 1.82) is 0 Å². The number of unbranched alkanes of at least 4 members (excludes halogenated alkanes) is 38. The number of carbonyl (C=O) groups excluding carboxylic acids is 1. The summed E-state index contributed by atoms with van der Waals surface area (Å²) in [4.78, 5) is 23.1. The maximum Gasteiger partial charge on any atom is 0.472 e. The Morgan fingerprint density at radius 2 is 0.826 bits per heavy atom. The third kappa shape index (κ3) is 54.3. The molecule has 0 aromatic rings. The molecule has 3 unspecified atom stereocenters. The van der Waals surface area contributed by atoms with Crippen molar-refractivity contribution in [3.8, 4) is 0 Å². The molecule has 8 nitrogen and oxygen atoms in total. The number of hydrogen-bond donors (Lipinski definition) is 3. The van der Waals surface area contributed by atoms with Gasteiger partial charge in [0.15, 0.2) is 0 Å². The highest BCUT2D eigenvalue weighted by Crippen LogP contribution is 2.43. The molecular formula is C60H118N2O6P+.